The van der Waals surface area contributed by atoms with Crippen molar-refractivity contribution in [2.75, 3.05) is 10.6 Å². The van der Waals surface area contributed by atoms with Gasteiger partial charge in [-0.1, -0.05) is 68.4 Å². The molecule has 0 saturated carbocycles. The van der Waals surface area contributed by atoms with Crippen molar-refractivity contribution in [3.63, 3.8) is 0 Å². The molecule has 0 aliphatic rings. The maximum Gasteiger partial charge on any atom is 0.242 e. The summed E-state index contributed by atoms with van der Waals surface area (Å²) in [6.45, 7) is 3.68. The highest BCUT2D eigenvalue weighted by molar-refractivity contribution is 8.00. The summed E-state index contributed by atoms with van der Waals surface area (Å²) in [6, 6.07) is 26.8. The molecule has 3 aromatic rings. The zero-order valence-corrected chi connectivity index (χ0v) is 17.3. The van der Waals surface area contributed by atoms with Gasteiger partial charge in [0.2, 0.25) is 11.8 Å². The van der Waals surface area contributed by atoms with Gasteiger partial charge in [-0.15, -0.1) is 11.8 Å². The molecule has 4 nitrogen and oxygen atoms in total. The minimum atomic E-state index is -0.396. The predicted octanol–water partition coefficient (Wildman–Crippen LogP) is 5.75. The molecule has 0 heterocycles. The number of nitrogens with one attached hydrogen (secondary N) is 2. The van der Waals surface area contributed by atoms with Gasteiger partial charge in [0.05, 0.1) is 0 Å². The highest BCUT2D eigenvalue weighted by Gasteiger charge is 2.22. The van der Waals surface area contributed by atoms with Crippen molar-refractivity contribution < 1.29 is 9.59 Å². The zero-order chi connectivity index (χ0) is 20.6. The van der Waals surface area contributed by atoms with E-state index in [4.69, 9.17) is 0 Å². The number of benzene rings is 3. The molecule has 1 unspecified atom stereocenters. The third kappa shape index (κ3) is 5.96. The van der Waals surface area contributed by atoms with Gasteiger partial charge in [0, 0.05) is 22.2 Å². The summed E-state index contributed by atoms with van der Waals surface area (Å²) in [5, 5.41) is 5.46. The summed E-state index contributed by atoms with van der Waals surface area (Å²) in [7, 11) is 0. The second-order valence-corrected chi connectivity index (χ2v) is 8.11. The monoisotopic (exact) mass is 404 g/mol. The van der Waals surface area contributed by atoms with Gasteiger partial charge >= 0.3 is 0 Å². The van der Waals surface area contributed by atoms with Gasteiger partial charge in [-0.3, -0.25) is 9.59 Å². The first-order chi connectivity index (χ1) is 14.0. The van der Waals surface area contributed by atoms with Crippen LogP contribution in [-0.4, -0.2) is 11.8 Å². The Morgan fingerprint density at radius 2 is 1.28 bits per heavy atom. The number of thioether (sulfide) groups is 1. The van der Waals surface area contributed by atoms with Crippen LogP contribution in [0.25, 0.3) is 0 Å². The number of carbonyl (C=O) groups is 2. The normalized spacial score (nSPS) is 11.7. The maximum atomic E-state index is 13.1. The van der Waals surface area contributed by atoms with Gasteiger partial charge in [0.25, 0.3) is 0 Å². The number of anilines is 2. The first-order valence-electron chi connectivity index (χ1n) is 9.51. The van der Waals surface area contributed by atoms with Gasteiger partial charge in [0.15, 0.2) is 0 Å². The van der Waals surface area contributed by atoms with E-state index in [1.54, 1.807) is 6.07 Å². The smallest absolute Gasteiger partial charge is 0.242 e. The van der Waals surface area contributed by atoms with Crippen LogP contribution in [0.2, 0.25) is 0 Å². The molecule has 2 N–H and O–H groups in total. The van der Waals surface area contributed by atoms with E-state index in [9.17, 15) is 9.59 Å². The molecule has 5 heteroatoms. The lowest BCUT2D eigenvalue weighted by Gasteiger charge is -2.17. The standard InChI is InChI=1S/C24H24N2O2S/c1-17(2)23(27)25-19-12-9-13-20(16-19)26-24(28)22(18-10-5-3-6-11-18)29-21-14-7-4-8-15-21/h3-17,22H,1-2H3,(H,25,27)(H,26,28). The van der Waals surface area contributed by atoms with Crippen molar-refractivity contribution in [2.24, 2.45) is 5.92 Å². The third-order valence-corrected chi connectivity index (χ3v) is 5.53. The fourth-order valence-corrected chi connectivity index (χ4v) is 3.75. The summed E-state index contributed by atoms with van der Waals surface area (Å²) in [5.74, 6) is -0.286. The fourth-order valence-electron chi connectivity index (χ4n) is 2.71. The Hall–Kier alpha value is -3.05. The van der Waals surface area contributed by atoms with Crippen LogP contribution in [0.5, 0.6) is 0 Å². The minimum absolute atomic E-state index is 0.0599. The maximum absolute atomic E-state index is 13.1. The van der Waals surface area contributed by atoms with Crippen LogP contribution in [0, 0.1) is 5.92 Å². The Kier molecular flexibility index (Phi) is 7.09. The first kappa shape index (κ1) is 20.7. The second-order valence-electron chi connectivity index (χ2n) is 6.94. The SMILES string of the molecule is CC(C)C(=O)Nc1cccc(NC(=O)C(Sc2ccccc2)c2ccccc2)c1. The Labute approximate surface area is 175 Å². The largest absolute Gasteiger partial charge is 0.326 e. The van der Waals surface area contributed by atoms with E-state index in [1.807, 2.05) is 92.7 Å². The molecule has 0 aliphatic carbocycles. The lowest BCUT2D eigenvalue weighted by atomic mass is 10.1. The molecule has 1 atom stereocenters. The molecule has 0 spiro atoms. The Balaban J connectivity index is 1.79. The van der Waals surface area contributed by atoms with Crippen molar-refractivity contribution in [3.8, 4) is 0 Å². The van der Waals surface area contributed by atoms with Gasteiger partial charge in [-0.05, 0) is 35.9 Å². The van der Waals surface area contributed by atoms with E-state index in [-0.39, 0.29) is 17.7 Å². The van der Waals surface area contributed by atoms with E-state index in [0.717, 1.165) is 10.5 Å². The van der Waals surface area contributed by atoms with Crippen molar-refractivity contribution in [1.29, 1.82) is 0 Å². The third-order valence-electron chi connectivity index (χ3n) is 4.26. The van der Waals surface area contributed by atoms with Crippen molar-refractivity contribution in [2.45, 2.75) is 24.0 Å². The van der Waals surface area contributed by atoms with E-state index >= 15 is 0 Å². The van der Waals surface area contributed by atoms with Crippen LogP contribution in [0.3, 0.4) is 0 Å². The highest BCUT2D eigenvalue weighted by atomic mass is 32.2. The summed E-state index contributed by atoms with van der Waals surface area (Å²) >= 11 is 1.51. The van der Waals surface area contributed by atoms with Gasteiger partial charge < -0.3 is 10.6 Å². The zero-order valence-electron chi connectivity index (χ0n) is 16.5. The van der Waals surface area contributed by atoms with Crippen LogP contribution < -0.4 is 10.6 Å². The second kappa shape index (κ2) is 9.94. The van der Waals surface area contributed by atoms with Crippen LogP contribution >= 0.6 is 11.8 Å². The molecular weight excluding hydrogens is 380 g/mol. The topological polar surface area (TPSA) is 58.2 Å². The van der Waals surface area contributed by atoms with Crippen molar-refractivity contribution in [1.82, 2.24) is 0 Å². The van der Waals surface area contributed by atoms with Crippen LogP contribution in [0.4, 0.5) is 11.4 Å². The van der Waals surface area contributed by atoms with Gasteiger partial charge in [-0.25, -0.2) is 0 Å². The summed E-state index contributed by atoms with van der Waals surface area (Å²) in [4.78, 5) is 26.1. The average molecular weight is 405 g/mol. The quantitative estimate of drug-likeness (QED) is 0.493. The van der Waals surface area contributed by atoms with E-state index < -0.39 is 5.25 Å². The van der Waals surface area contributed by atoms with Crippen LogP contribution in [0.1, 0.15) is 24.7 Å². The first-order valence-corrected chi connectivity index (χ1v) is 10.4. The summed E-state index contributed by atoms with van der Waals surface area (Å²) in [6.07, 6.45) is 0. The molecule has 0 fully saturated rings. The molecule has 148 valence electrons. The predicted molar refractivity (Wildman–Crippen MR) is 120 cm³/mol. The number of amides is 2. The van der Waals surface area contributed by atoms with Crippen molar-refractivity contribution in [3.05, 3.63) is 90.5 Å². The average Bonchev–Trinajstić information content (AvgIpc) is 2.73. The summed E-state index contributed by atoms with van der Waals surface area (Å²) in [5.41, 5.74) is 2.24. The molecule has 3 rings (SSSR count). The molecule has 0 radical (unpaired) electrons. The number of rotatable bonds is 7. The molecule has 2 amide bonds. The van der Waals surface area contributed by atoms with Gasteiger partial charge in [0.1, 0.15) is 5.25 Å². The molecule has 0 aromatic heterocycles. The lowest BCUT2D eigenvalue weighted by Crippen LogP contribution is -2.20. The van der Waals surface area contributed by atoms with Crippen LogP contribution in [-0.2, 0) is 9.59 Å². The minimum Gasteiger partial charge on any atom is -0.326 e. The van der Waals surface area contributed by atoms with E-state index in [2.05, 4.69) is 10.6 Å². The molecule has 0 bridgehead atoms. The molecule has 3 aromatic carbocycles. The van der Waals surface area contributed by atoms with E-state index in [1.165, 1.54) is 11.8 Å². The molecule has 29 heavy (non-hydrogen) atoms. The van der Waals surface area contributed by atoms with Crippen molar-refractivity contribution >= 4 is 35.0 Å². The fraction of sp³-hybridized carbons (Fsp3) is 0.167. The molecular formula is C24H24N2O2S. The highest BCUT2D eigenvalue weighted by Crippen LogP contribution is 2.36. The number of carbonyl (C=O) groups excluding carboxylic acids is 2. The lowest BCUT2D eigenvalue weighted by molar-refractivity contribution is -0.119. The molecule has 0 saturated heterocycles. The van der Waals surface area contributed by atoms with Gasteiger partial charge in [-0.2, -0.15) is 0 Å². The number of hydrogen-bond donors (Lipinski definition) is 2. The van der Waals surface area contributed by atoms with Crippen LogP contribution in [0.15, 0.2) is 89.8 Å². The Morgan fingerprint density at radius 3 is 1.86 bits per heavy atom. The Bertz CT molecular complexity index is 959. The summed E-state index contributed by atoms with van der Waals surface area (Å²) < 4.78 is 0. The molecule has 0 aliphatic heterocycles. The Morgan fingerprint density at radius 1 is 0.724 bits per heavy atom. The number of hydrogen-bond acceptors (Lipinski definition) is 3. The van der Waals surface area contributed by atoms with E-state index in [0.29, 0.717) is 11.4 Å².